The van der Waals surface area contributed by atoms with Crippen molar-refractivity contribution in [1.29, 1.82) is 0 Å². The summed E-state index contributed by atoms with van der Waals surface area (Å²) in [5.74, 6) is -0.150. The van der Waals surface area contributed by atoms with Crippen LogP contribution in [0.25, 0.3) is 0 Å². The van der Waals surface area contributed by atoms with Crippen molar-refractivity contribution < 1.29 is 4.79 Å². The molecule has 0 rings (SSSR count). The summed E-state index contributed by atoms with van der Waals surface area (Å²) < 4.78 is 0. The maximum absolute atomic E-state index is 10.6. The number of nitrogens with one attached hydrogen (secondary N) is 1. The van der Waals surface area contributed by atoms with Gasteiger partial charge in [-0.2, -0.15) is 4.91 Å². The Morgan fingerprint density at radius 2 is 2.30 bits per heavy atom. The lowest BCUT2D eigenvalue weighted by molar-refractivity contribution is -0.116. The lowest BCUT2D eigenvalue weighted by Gasteiger charge is -1.97. The Labute approximate surface area is 60.0 Å². The molecule has 1 N–H and O–H groups in total. The fourth-order valence-electron chi connectivity index (χ4n) is 0.532. The molecule has 0 amide bonds. The summed E-state index contributed by atoms with van der Waals surface area (Å²) in [4.78, 5) is 20.1. The van der Waals surface area contributed by atoms with Crippen LogP contribution in [-0.4, -0.2) is 25.4 Å². The van der Waals surface area contributed by atoms with Gasteiger partial charge in [-0.1, -0.05) is 12.1 Å². The largest absolute Gasteiger partial charge is 0.310 e. The number of carbonyl (C=O) groups excluding carboxylic acids is 1. The Balaban J connectivity index is 3.13. The molecule has 0 radical (unpaired) electrons. The highest BCUT2D eigenvalue weighted by molar-refractivity contribution is 5.82. The van der Waals surface area contributed by atoms with Crippen LogP contribution in [0.4, 0.5) is 0 Å². The van der Waals surface area contributed by atoms with Crippen molar-refractivity contribution in [1.82, 2.24) is 5.32 Å². The highest BCUT2D eigenvalue weighted by Gasteiger charge is 1.98. The van der Waals surface area contributed by atoms with Gasteiger partial charge in [-0.25, -0.2) is 0 Å². The summed E-state index contributed by atoms with van der Waals surface area (Å²) >= 11 is 0. The van der Waals surface area contributed by atoms with Crippen molar-refractivity contribution in [2.45, 2.75) is 13.3 Å². The summed E-state index contributed by atoms with van der Waals surface area (Å²) in [6.07, 6.45) is 0.988. The van der Waals surface area contributed by atoms with E-state index in [0.29, 0.717) is 0 Å². The summed E-state index contributed by atoms with van der Waals surface area (Å²) in [7, 11) is 0. The van der Waals surface area contributed by atoms with E-state index in [4.69, 9.17) is 0 Å². The monoisotopic (exact) mass is 144 g/mol. The minimum atomic E-state index is -0.212. The Hall–Kier alpha value is -0.770. The number of ketones is 1. The van der Waals surface area contributed by atoms with Crippen molar-refractivity contribution in [3.63, 3.8) is 0 Å². The van der Waals surface area contributed by atoms with Gasteiger partial charge in [0.05, 0.1) is 6.54 Å². The minimum Gasteiger partial charge on any atom is -0.310 e. The van der Waals surface area contributed by atoms with Gasteiger partial charge in [-0.15, -0.1) is 0 Å². The lowest BCUT2D eigenvalue weighted by Crippen LogP contribution is -2.24. The molecule has 0 aliphatic rings. The summed E-state index contributed by atoms with van der Waals surface area (Å²) in [5.41, 5.74) is 0. The van der Waals surface area contributed by atoms with Crippen molar-refractivity contribution in [3.8, 4) is 0 Å². The first-order valence-corrected chi connectivity index (χ1v) is 3.32. The Kier molecular flexibility index (Phi) is 5.86. The third-order valence-corrected chi connectivity index (χ3v) is 0.990. The van der Waals surface area contributed by atoms with E-state index < -0.39 is 0 Å². The number of Topliss-reactive ketones (excluding diaryl/α,β-unsaturated/α-hetero) is 1. The van der Waals surface area contributed by atoms with Gasteiger partial charge in [0.15, 0.2) is 5.78 Å². The molecule has 0 aliphatic carbocycles. The first-order valence-electron chi connectivity index (χ1n) is 3.32. The van der Waals surface area contributed by atoms with Crippen molar-refractivity contribution in [2.24, 2.45) is 5.18 Å². The van der Waals surface area contributed by atoms with Crippen molar-refractivity contribution in [3.05, 3.63) is 4.91 Å². The zero-order chi connectivity index (χ0) is 7.82. The van der Waals surface area contributed by atoms with Crippen LogP contribution in [0.5, 0.6) is 0 Å². The van der Waals surface area contributed by atoms with Crippen LogP contribution in [0, 0.1) is 4.91 Å². The van der Waals surface area contributed by atoms with Crippen LogP contribution in [0.3, 0.4) is 0 Å². The first-order chi connectivity index (χ1) is 4.81. The molecule has 0 aromatic rings. The number of nitroso groups, excluding NO2 is 1. The summed E-state index contributed by atoms with van der Waals surface area (Å²) in [5, 5.41) is 5.35. The predicted octanol–water partition coefficient (Wildman–Crippen LogP) is 0.321. The maximum atomic E-state index is 10.6. The van der Waals surface area contributed by atoms with E-state index in [1.165, 1.54) is 0 Å². The zero-order valence-electron chi connectivity index (χ0n) is 6.09. The second-order valence-corrected chi connectivity index (χ2v) is 2.00. The van der Waals surface area contributed by atoms with Crippen LogP contribution in [0.2, 0.25) is 0 Å². The minimum absolute atomic E-state index is 0.150. The third kappa shape index (κ3) is 5.37. The number of rotatable bonds is 6. The van der Waals surface area contributed by atoms with Crippen LogP contribution in [0.1, 0.15) is 13.3 Å². The number of hydrogen-bond acceptors (Lipinski definition) is 4. The summed E-state index contributed by atoms with van der Waals surface area (Å²) in [6.45, 7) is 2.87. The second-order valence-electron chi connectivity index (χ2n) is 2.00. The molecule has 0 spiro atoms. The van der Waals surface area contributed by atoms with Gasteiger partial charge < -0.3 is 5.32 Å². The van der Waals surface area contributed by atoms with Crippen molar-refractivity contribution in [2.75, 3.05) is 19.6 Å². The van der Waals surface area contributed by atoms with Gasteiger partial charge in [0.1, 0.15) is 6.54 Å². The van der Waals surface area contributed by atoms with Crippen molar-refractivity contribution >= 4 is 5.78 Å². The molecule has 0 aliphatic heterocycles. The third-order valence-electron chi connectivity index (χ3n) is 0.990. The fraction of sp³-hybridized carbons (Fsp3) is 0.833. The normalized spacial score (nSPS) is 9.30. The molecule has 0 aromatic carbocycles. The number of hydrogen-bond donors (Lipinski definition) is 1. The van der Waals surface area contributed by atoms with Crippen LogP contribution >= 0.6 is 0 Å². The van der Waals surface area contributed by atoms with E-state index in [9.17, 15) is 9.70 Å². The quantitative estimate of drug-likeness (QED) is 0.431. The van der Waals surface area contributed by atoms with Gasteiger partial charge in [0, 0.05) is 0 Å². The highest BCUT2D eigenvalue weighted by Crippen LogP contribution is 1.73. The van der Waals surface area contributed by atoms with E-state index in [-0.39, 0.29) is 18.9 Å². The Bertz CT molecular complexity index is 114. The van der Waals surface area contributed by atoms with Gasteiger partial charge in [-0.3, -0.25) is 4.79 Å². The standard InChI is InChI=1S/C6H12N2O2/c1-2-3-7-4-6(9)5-8-10/h7H,2-5H2,1H3. The highest BCUT2D eigenvalue weighted by atomic mass is 16.3. The molecule has 10 heavy (non-hydrogen) atoms. The smallest absolute Gasteiger partial charge is 0.171 e. The average molecular weight is 144 g/mol. The number of carbonyl (C=O) groups is 1. The number of nitrogens with zero attached hydrogens (tertiary/aromatic N) is 1. The van der Waals surface area contributed by atoms with Crippen LogP contribution in [0.15, 0.2) is 5.18 Å². The van der Waals surface area contributed by atoms with E-state index in [1.807, 2.05) is 6.92 Å². The van der Waals surface area contributed by atoms with Gasteiger partial charge in [0.2, 0.25) is 0 Å². The molecule has 0 heterocycles. The predicted molar refractivity (Wildman–Crippen MR) is 38.8 cm³/mol. The zero-order valence-corrected chi connectivity index (χ0v) is 6.09. The van der Waals surface area contributed by atoms with Gasteiger partial charge >= 0.3 is 0 Å². The lowest BCUT2D eigenvalue weighted by atomic mass is 10.4. The molecule has 0 unspecified atom stereocenters. The van der Waals surface area contributed by atoms with E-state index in [0.717, 1.165) is 13.0 Å². The fourth-order valence-corrected chi connectivity index (χ4v) is 0.532. The van der Waals surface area contributed by atoms with Gasteiger partial charge in [0.25, 0.3) is 0 Å². The molecule has 0 aromatic heterocycles. The average Bonchev–Trinajstić information content (AvgIpc) is 1.89. The van der Waals surface area contributed by atoms with E-state index >= 15 is 0 Å². The van der Waals surface area contributed by atoms with E-state index in [2.05, 4.69) is 10.5 Å². The van der Waals surface area contributed by atoms with Crippen LogP contribution < -0.4 is 5.32 Å². The molecule has 0 saturated heterocycles. The summed E-state index contributed by atoms with van der Waals surface area (Å²) in [6, 6.07) is 0. The molecule has 58 valence electrons. The molecule has 4 nitrogen and oxygen atoms in total. The Morgan fingerprint density at radius 3 is 2.80 bits per heavy atom. The van der Waals surface area contributed by atoms with Gasteiger partial charge in [-0.05, 0) is 13.0 Å². The molecule has 4 heteroatoms. The molecule has 0 saturated carbocycles. The molecule has 0 fully saturated rings. The van der Waals surface area contributed by atoms with Crippen LogP contribution in [-0.2, 0) is 4.79 Å². The Morgan fingerprint density at radius 1 is 1.60 bits per heavy atom. The molecular weight excluding hydrogens is 132 g/mol. The maximum Gasteiger partial charge on any atom is 0.171 e. The SMILES string of the molecule is CCCNCC(=O)CN=O. The first kappa shape index (κ1) is 9.23. The molecule has 0 bridgehead atoms. The molecular formula is C6H12N2O2. The van der Waals surface area contributed by atoms with E-state index in [1.54, 1.807) is 0 Å². The second kappa shape index (κ2) is 6.35. The topological polar surface area (TPSA) is 58.5 Å². The molecule has 0 atom stereocenters.